The summed E-state index contributed by atoms with van der Waals surface area (Å²) in [4.78, 5) is 13.1. The second kappa shape index (κ2) is 12.1. The van der Waals surface area contributed by atoms with Crippen molar-refractivity contribution in [1.82, 2.24) is 20.5 Å². The molecule has 0 radical (unpaired) electrons. The van der Waals surface area contributed by atoms with Gasteiger partial charge in [-0.15, -0.1) is 46.7 Å². The molecule has 0 amide bonds. The average molecular weight is 534 g/mol. The van der Waals surface area contributed by atoms with Crippen LogP contribution in [-0.2, 0) is 13.1 Å². The van der Waals surface area contributed by atoms with Crippen LogP contribution in [0.2, 0.25) is 0 Å². The number of thiazole rings is 1. The molecule has 2 aromatic heterocycles. The number of hydrogen-bond donors (Lipinski definition) is 2. The van der Waals surface area contributed by atoms with Crippen LogP contribution < -0.4 is 10.6 Å². The zero-order valence-electron chi connectivity index (χ0n) is 17.0. The number of thiophene rings is 1. The lowest BCUT2D eigenvalue weighted by molar-refractivity contribution is 0.169. The number of aliphatic imine (C=N–C) groups is 1. The maximum Gasteiger partial charge on any atom is 0.191 e. The summed E-state index contributed by atoms with van der Waals surface area (Å²) in [6, 6.07) is 4.38. The summed E-state index contributed by atoms with van der Waals surface area (Å²) in [6.07, 6.45) is 2.57. The van der Waals surface area contributed by atoms with Crippen molar-refractivity contribution in [1.29, 1.82) is 0 Å². The van der Waals surface area contributed by atoms with E-state index in [1.165, 1.54) is 30.0 Å². The normalized spacial score (nSPS) is 18.1. The predicted octanol–water partition coefficient (Wildman–Crippen LogP) is 4.52. The van der Waals surface area contributed by atoms with Gasteiger partial charge < -0.3 is 10.6 Å². The minimum atomic E-state index is 0. The fourth-order valence-electron chi connectivity index (χ4n) is 3.38. The molecule has 1 aliphatic heterocycles. The molecule has 1 aliphatic rings. The Bertz CT molecular complexity index is 714. The van der Waals surface area contributed by atoms with Crippen molar-refractivity contribution < 1.29 is 0 Å². The van der Waals surface area contributed by atoms with E-state index in [0.29, 0.717) is 11.8 Å². The van der Waals surface area contributed by atoms with Crippen molar-refractivity contribution in [2.75, 3.05) is 26.7 Å². The summed E-state index contributed by atoms with van der Waals surface area (Å²) in [6.45, 7) is 9.51. The molecule has 0 spiro atoms. The lowest BCUT2D eigenvalue weighted by Gasteiger charge is -2.32. The van der Waals surface area contributed by atoms with Crippen molar-refractivity contribution in [2.45, 2.75) is 45.7 Å². The molecule has 3 rings (SSSR count). The average Bonchev–Trinajstić information content (AvgIpc) is 3.34. The van der Waals surface area contributed by atoms with Gasteiger partial charge in [0.2, 0.25) is 0 Å². The maximum atomic E-state index is 4.68. The number of halogens is 1. The number of aromatic nitrogens is 1. The molecular weight excluding hydrogens is 501 g/mol. The molecule has 1 unspecified atom stereocenters. The van der Waals surface area contributed by atoms with Crippen LogP contribution in [0.1, 0.15) is 48.2 Å². The zero-order valence-corrected chi connectivity index (χ0v) is 20.9. The molecule has 2 aromatic rings. The minimum Gasteiger partial charge on any atom is -0.356 e. The van der Waals surface area contributed by atoms with Crippen molar-refractivity contribution in [3.05, 3.63) is 38.5 Å². The number of nitrogens with zero attached hydrogens (tertiary/aromatic N) is 3. The molecule has 1 saturated heterocycles. The van der Waals surface area contributed by atoms with Gasteiger partial charge in [-0.1, -0.05) is 19.9 Å². The van der Waals surface area contributed by atoms with Gasteiger partial charge in [-0.2, -0.15) is 0 Å². The van der Waals surface area contributed by atoms with Crippen molar-refractivity contribution >= 4 is 52.6 Å². The molecule has 8 heteroatoms. The first kappa shape index (κ1) is 23.6. The summed E-state index contributed by atoms with van der Waals surface area (Å²) >= 11 is 3.57. The molecule has 3 heterocycles. The third kappa shape index (κ3) is 7.27. The quantitative estimate of drug-likeness (QED) is 0.312. The lowest BCUT2D eigenvalue weighted by atomic mass is 9.98. The Balaban J connectivity index is 0.00000280. The first-order valence-corrected chi connectivity index (χ1v) is 11.5. The van der Waals surface area contributed by atoms with Gasteiger partial charge in [-0.3, -0.25) is 9.89 Å². The van der Waals surface area contributed by atoms with E-state index in [1.54, 1.807) is 11.3 Å². The Morgan fingerprint density at radius 3 is 2.89 bits per heavy atom. The molecule has 0 aromatic carbocycles. The van der Waals surface area contributed by atoms with E-state index in [-0.39, 0.29) is 24.0 Å². The van der Waals surface area contributed by atoms with Crippen molar-refractivity contribution in [3.8, 4) is 0 Å². The van der Waals surface area contributed by atoms with E-state index >= 15 is 0 Å². The second-order valence-corrected chi connectivity index (χ2v) is 9.43. The Morgan fingerprint density at radius 2 is 2.21 bits per heavy atom. The van der Waals surface area contributed by atoms with Crippen LogP contribution in [-0.4, -0.2) is 42.5 Å². The van der Waals surface area contributed by atoms with E-state index in [4.69, 9.17) is 0 Å². The standard InChI is InChI=1S/C20H31N5S2.HI/c1-15(2)18-14-27-19(24-18)11-23-20(21-3)22-10-16-6-4-8-25(12-16)13-17-7-5-9-26-17;/h5,7,9,14-16H,4,6,8,10-13H2,1-3H3,(H2,21,22,23);1H. The largest absolute Gasteiger partial charge is 0.356 e. The van der Waals surface area contributed by atoms with E-state index < -0.39 is 0 Å². The number of piperidine rings is 1. The first-order chi connectivity index (χ1) is 13.1. The van der Waals surface area contributed by atoms with Gasteiger partial charge in [0.05, 0.1) is 12.2 Å². The van der Waals surface area contributed by atoms with E-state index in [2.05, 4.69) is 62.3 Å². The van der Waals surface area contributed by atoms with Gasteiger partial charge in [0, 0.05) is 36.9 Å². The van der Waals surface area contributed by atoms with E-state index in [1.807, 2.05) is 18.4 Å². The number of guanidine groups is 1. The minimum absolute atomic E-state index is 0. The number of nitrogens with one attached hydrogen (secondary N) is 2. The fourth-order valence-corrected chi connectivity index (χ4v) is 5.02. The molecule has 0 bridgehead atoms. The van der Waals surface area contributed by atoms with Gasteiger partial charge >= 0.3 is 0 Å². The Labute approximate surface area is 194 Å². The molecule has 1 atom stereocenters. The van der Waals surface area contributed by atoms with Crippen molar-refractivity contribution in [2.24, 2.45) is 10.9 Å². The van der Waals surface area contributed by atoms with Crippen LogP contribution in [0.4, 0.5) is 0 Å². The van der Waals surface area contributed by atoms with Crippen LogP contribution in [0.5, 0.6) is 0 Å². The Hall–Kier alpha value is -0.710. The topological polar surface area (TPSA) is 52.6 Å². The van der Waals surface area contributed by atoms with Gasteiger partial charge in [-0.05, 0) is 42.7 Å². The lowest BCUT2D eigenvalue weighted by Crippen LogP contribution is -2.44. The number of rotatable bonds is 7. The fraction of sp³-hybridized carbons (Fsp3) is 0.600. The van der Waals surface area contributed by atoms with Gasteiger partial charge in [0.15, 0.2) is 5.96 Å². The van der Waals surface area contributed by atoms with E-state index in [9.17, 15) is 0 Å². The van der Waals surface area contributed by atoms with Crippen LogP contribution in [0.25, 0.3) is 0 Å². The van der Waals surface area contributed by atoms with Crippen LogP contribution >= 0.6 is 46.7 Å². The third-order valence-corrected chi connectivity index (χ3v) is 6.64. The zero-order chi connectivity index (χ0) is 19.1. The summed E-state index contributed by atoms with van der Waals surface area (Å²) in [5.41, 5.74) is 1.17. The SMILES string of the molecule is CN=C(NCc1nc(C(C)C)cs1)NCC1CCCN(Cc2cccs2)C1.I. The smallest absolute Gasteiger partial charge is 0.191 e. The number of likely N-dealkylation sites (tertiary alicyclic amines) is 1. The molecule has 0 aliphatic carbocycles. The predicted molar refractivity (Wildman–Crippen MR) is 132 cm³/mol. The molecular formula is C20H32IN5S2. The summed E-state index contributed by atoms with van der Waals surface area (Å²) in [7, 11) is 1.83. The molecule has 28 heavy (non-hydrogen) atoms. The van der Waals surface area contributed by atoms with E-state index in [0.717, 1.165) is 37.1 Å². The van der Waals surface area contributed by atoms with Crippen LogP contribution in [0.15, 0.2) is 27.9 Å². The van der Waals surface area contributed by atoms with Crippen LogP contribution in [0.3, 0.4) is 0 Å². The highest BCUT2D eigenvalue weighted by molar-refractivity contribution is 14.0. The Morgan fingerprint density at radius 1 is 1.36 bits per heavy atom. The molecule has 0 saturated carbocycles. The maximum absolute atomic E-state index is 4.68. The van der Waals surface area contributed by atoms with Crippen molar-refractivity contribution in [3.63, 3.8) is 0 Å². The van der Waals surface area contributed by atoms with Gasteiger partial charge in [0.25, 0.3) is 0 Å². The summed E-state index contributed by atoms with van der Waals surface area (Å²) in [5.74, 6) is 2.02. The molecule has 156 valence electrons. The highest BCUT2D eigenvalue weighted by Gasteiger charge is 2.20. The summed E-state index contributed by atoms with van der Waals surface area (Å²) < 4.78 is 0. The highest BCUT2D eigenvalue weighted by Crippen LogP contribution is 2.20. The highest BCUT2D eigenvalue weighted by atomic mass is 127. The van der Waals surface area contributed by atoms with Gasteiger partial charge in [0.1, 0.15) is 5.01 Å². The first-order valence-electron chi connectivity index (χ1n) is 9.77. The Kier molecular flexibility index (Phi) is 10.2. The second-order valence-electron chi connectivity index (χ2n) is 7.45. The van der Waals surface area contributed by atoms with Crippen LogP contribution in [0, 0.1) is 5.92 Å². The van der Waals surface area contributed by atoms with Gasteiger partial charge in [-0.25, -0.2) is 4.98 Å². The molecule has 1 fully saturated rings. The molecule has 5 nitrogen and oxygen atoms in total. The monoisotopic (exact) mass is 533 g/mol. The summed E-state index contributed by atoms with van der Waals surface area (Å²) in [5, 5.41) is 12.3. The molecule has 2 N–H and O–H groups in total. The third-order valence-electron chi connectivity index (χ3n) is 4.91. The number of hydrogen-bond acceptors (Lipinski definition) is 5.